The largest absolute Gasteiger partial charge is 0.461 e. The van der Waals surface area contributed by atoms with Crippen LogP contribution in [0.5, 0.6) is 11.5 Å². The molecule has 0 saturated heterocycles. The number of hydrogen-bond donors (Lipinski definition) is 0. The zero-order chi connectivity index (χ0) is 20.5. The molecule has 0 heterocycles. The molecule has 0 amide bonds. The molecule has 0 atom stereocenters. The van der Waals surface area contributed by atoms with Crippen LogP contribution in [-0.4, -0.2) is 11.9 Å². The highest BCUT2D eigenvalue weighted by Gasteiger charge is 2.06. The SMILES string of the molecule is C=C(C)C(=O)O/C=C\Oc1cccc2c(O/C=C\OC(=O)C(=C)C)cccc12. The summed E-state index contributed by atoms with van der Waals surface area (Å²) in [6, 6.07) is 10.8. The third-order valence-corrected chi connectivity index (χ3v) is 3.39. The highest BCUT2D eigenvalue weighted by atomic mass is 16.5. The number of rotatable bonds is 8. The molecule has 2 aromatic carbocycles. The molecule has 6 nitrogen and oxygen atoms in total. The number of benzene rings is 2. The summed E-state index contributed by atoms with van der Waals surface area (Å²) < 4.78 is 20.8. The lowest BCUT2D eigenvalue weighted by molar-refractivity contribution is -0.134. The summed E-state index contributed by atoms with van der Waals surface area (Å²) in [5.41, 5.74) is 0.581. The van der Waals surface area contributed by atoms with Crippen molar-refractivity contribution in [3.63, 3.8) is 0 Å². The number of carbonyl (C=O) groups excluding carboxylic acids is 2. The molecular formula is C22H20O6. The van der Waals surface area contributed by atoms with E-state index in [0.29, 0.717) is 22.6 Å². The summed E-state index contributed by atoms with van der Waals surface area (Å²) in [5, 5.41) is 1.56. The number of hydrogen-bond acceptors (Lipinski definition) is 6. The quantitative estimate of drug-likeness (QED) is 0.373. The van der Waals surface area contributed by atoms with Gasteiger partial charge in [-0.15, -0.1) is 0 Å². The van der Waals surface area contributed by atoms with E-state index in [2.05, 4.69) is 13.2 Å². The van der Waals surface area contributed by atoms with Crippen molar-refractivity contribution in [1.82, 2.24) is 0 Å². The molecule has 0 aromatic heterocycles. The molecule has 0 radical (unpaired) electrons. The van der Waals surface area contributed by atoms with Gasteiger partial charge in [0.05, 0.1) is 0 Å². The van der Waals surface area contributed by atoms with Crippen LogP contribution in [0.25, 0.3) is 10.8 Å². The molecule has 0 aliphatic heterocycles. The van der Waals surface area contributed by atoms with E-state index >= 15 is 0 Å². The Bertz CT molecular complexity index is 889. The summed E-state index contributed by atoms with van der Waals surface area (Å²) in [5.74, 6) is 0.0201. The summed E-state index contributed by atoms with van der Waals surface area (Å²) in [4.78, 5) is 22.7. The van der Waals surface area contributed by atoms with Gasteiger partial charge in [-0.05, 0) is 26.0 Å². The van der Waals surface area contributed by atoms with Crippen LogP contribution in [-0.2, 0) is 19.1 Å². The van der Waals surface area contributed by atoms with Crippen LogP contribution in [0.15, 0.2) is 85.8 Å². The van der Waals surface area contributed by atoms with Crippen molar-refractivity contribution >= 4 is 22.7 Å². The Hall–Kier alpha value is -3.80. The fraction of sp³-hybridized carbons (Fsp3) is 0.0909. The van der Waals surface area contributed by atoms with Crippen LogP contribution in [0.4, 0.5) is 0 Å². The van der Waals surface area contributed by atoms with Crippen molar-refractivity contribution in [2.24, 2.45) is 0 Å². The predicted octanol–water partition coefficient (Wildman–Crippen LogP) is 4.78. The van der Waals surface area contributed by atoms with Gasteiger partial charge in [0, 0.05) is 21.9 Å². The van der Waals surface area contributed by atoms with E-state index in [4.69, 9.17) is 18.9 Å². The molecule has 0 spiro atoms. The van der Waals surface area contributed by atoms with Crippen molar-refractivity contribution in [2.45, 2.75) is 13.8 Å². The van der Waals surface area contributed by atoms with Gasteiger partial charge in [-0.3, -0.25) is 0 Å². The van der Waals surface area contributed by atoms with E-state index < -0.39 is 11.9 Å². The molecular weight excluding hydrogens is 360 g/mol. The fourth-order valence-electron chi connectivity index (χ4n) is 2.04. The first-order valence-electron chi connectivity index (χ1n) is 8.28. The lowest BCUT2D eigenvalue weighted by Crippen LogP contribution is -1.99. The van der Waals surface area contributed by atoms with Gasteiger partial charge < -0.3 is 18.9 Å². The van der Waals surface area contributed by atoms with E-state index in [-0.39, 0.29) is 0 Å². The van der Waals surface area contributed by atoms with Gasteiger partial charge in [-0.1, -0.05) is 37.4 Å². The van der Waals surface area contributed by atoms with Crippen LogP contribution < -0.4 is 9.47 Å². The van der Waals surface area contributed by atoms with Gasteiger partial charge in [0.2, 0.25) is 0 Å². The molecule has 0 N–H and O–H groups in total. The molecule has 0 saturated carbocycles. The molecule has 2 aromatic rings. The number of fused-ring (bicyclic) bond motifs is 1. The Morgan fingerprint density at radius 2 is 1.11 bits per heavy atom. The van der Waals surface area contributed by atoms with Crippen LogP contribution in [0.2, 0.25) is 0 Å². The van der Waals surface area contributed by atoms with Gasteiger partial charge in [0.1, 0.15) is 36.5 Å². The van der Waals surface area contributed by atoms with Crippen LogP contribution in [0.3, 0.4) is 0 Å². The first kappa shape index (κ1) is 20.5. The highest BCUT2D eigenvalue weighted by Crippen LogP contribution is 2.32. The molecule has 0 unspecified atom stereocenters. The lowest BCUT2D eigenvalue weighted by atomic mass is 10.1. The Kier molecular flexibility index (Phi) is 7.16. The molecule has 0 aliphatic rings. The minimum atomic E-state index is -0.535. The van der Waals surface area contributed by atoms with Crippen molar-refractivity contribution in [3.05, 3.63) is 85.8 Å². The smallest absolute Gasteiger partial charge is 0.338 e. The molecule has 0 aliphatic carbocycles. The highest BCUT2D eigenvalue weighted by molar-refractivity contribution is 5.93. The van der Waals surface area contributed by atoms with Gasteiger partial charge in [-0.2, -0.15) is 0 Å². The first-order chi connectivity index (χ1) is 13.4. The standard InChI is InChI=1S/C22H20O6/c1-15(2)21(23)27-13-11-25-19-9-5-8-18-17(19)7-6-10-20(18)26-12-14-28-22(24)16(3)4/h5-14H,1,3H2,2,4H3/b13-11-,14-12-. The average molecular weight is 380 g/mol. The lowest BCUT2D eigenvalue weighted by Gasteiger charge is -2.09. The van der Waals surface area contributed by atoms with E-state index in [0.717, 1.165) is 23.3 Å². The Balaban J connectivity index is 2.11. The van der Waals surface area contributed by atoms with E-state index in [1.165, 1.54) is 12.5 Å². The second-order valence-electron chi connectivity index (χ2n) is 5.76. The van der Waals surface area contributed by atoms with E-state index in [1.807, 2.05) is 12.1 Å². The number of ether oxygens (including phenoxy) is 4. The molecule has 144 valence electrons. The van der Waals surface area contributed by atoms with Gasteiger partial charge in [0.15, 0.2) is 0 Å². The maximum absolute atomic E-state index is 11.3. The van der Waals surface area contributed by atoms with Gasteiger partial charge in [-0.25, -0.2) is 9.59 Å². The summed E-state index contributed by atoms with van der Waals surface area (Å²) >= 11 is 0. The van der Waals surface area contributed by atoms with E-state index in [9.17, 15) is 9.59 Å². The monoisotopic (exact) mass is 380 g/mol. The number of esters is 2. The zero-order valence-electron chi connectivity index (χ0n) is 15.6. The normalized spacial score (nSPS) is 10.8. The molecule has 0 fully saturated rings. The second-order valence-corrected chi connectivity index (χ2v) is 5.76. The summed E-state index contributed by atoms with van der Waals surface area (Å²) in [6.45, 7) is 10.1. The van der Waals surface area contributed by atoms with Crippen molar-refractivity contribution in [1.29, 1.82) is 0 Å². The zero-order valence-corrected chi connectivity index (χ0v) is 15.6. The summed E-state index contributed by atoms with van der Waals surface area (Å²) in [7, 11) is 0. The number of carbonyl (C=O) groups is 2. The first-order valence-corrected chi connectivity index (χ1v) is 8.28. The van der Waals surface area contributed by atoms with Gasteiger partial charge in [0.25, 0.3) is 0 Å². The van der Waals surface area contributed by atoms with Crippen LogP contribution in [0.1, 0.15) is 13.8 Å². The maximum atomic E-state index is 11.3. The fourth-order valence-corrected chi connectivity index (χ4v) is 2.04. The molecule has 2 rings (SSSR count). The minimum Gasteiger partial charge on any atom is -0.461 e. The third kappa shape index (κ3) is 5.60. The van der Waals surface area contributed by atoms with Crippen LogP contribution in [0, 0.1) is 0 Å². The van der Waals surface area contributed by atoms with Crippen molar-refractivity contribution in [3.8, 4) is 11.5 Å². The molecule has 6 heteroatoms. The molecule has 0 bridgehead atoms. The second kappa shape index (κ2) is 9.78. The van der Waals surface area contributed by atoms with Crippen LogP contribution >= 0.6 is 0 Å². The van der Waals surface area contributed by atoms with Crippen molar-refractivity contribution in [2.75, 3.05) is 0 Å². The Morgan fingerprint density at radius 3 is 1.46 bits per heavy atom. The third-order valence-electron chi connectivity index (χ3n) is 3.39. The topological polar surface area (TPSA) is 71.1 Å². The maximum Gasteiger partial charge on any atom is 0.338 e. The van der Waals surface area contributed by atoms with Crippen molar-refractivity contribution < 1.29 is 28.5 Å². The summed E-state index contributed by atoms with van der Waals surface area (Å²) in [6.07, 6.45) is 4.82. The van der Waals surface area contributed by atoms with Gasteiger partial charge >= 0.3 is 11.9 Å². The average Bonchev–Trinajstić information content (AvgIpc) is 2.68. The Labute approximate surface area is 163 Å². The minimum absolute atomic E-state index is 0.290. The Morgan fingerprint density at radius 1 is 0.714 bits per heavy atom. The molecule has 28 heavy (non-hydrogen) atoms. The van der Waals surface area contributed by atoms with E-state index in [1.54, 1.807) is 38.1 Å². The predicted molar refractivity (Wildman–Crippen MR) is 105 cm³/mol.